The molecule has 6 nitrogen and oxygen atoms in total. The minimum Gasteiger partial charge on any atom is -0.397 e. The van der Waals surface area contributed by atoms with Gasteiger partial charge in [0, 0.05) is 18.7 Å². The lowest BCUT2D eigenvalue weighted by molar-refractivity contribution is 0.102. The Labute approximate surface area is 167 Å². The Bertz CT molecular complexity index is 991. The van der Waals surface area contributed by atoms with Gasteiger partial charge in [0.25, 0.3) is 5.91 Å². The Morgan fingerprint density at radius 3 is 2.07 bits per heavy atom. The van der Waals surface area contributed by atoms with Crippen molar-refractivity contribution >= 4 is 23.3 Å². The van der Waals surface area contributed by atoms with Gasteiger partial charge in [0.15, 0.2) is 0 Å². The predicted molar refractivity (Wildman–Crippen MR) is 111 cm³/mol. The molecule has 3 aromatic carbocycles. The Kier molecular flexibility index (Phi) is 6.42. The highest BCUT2D eigenvalue weighted by Crippen LogP contribution is 2.20. The van der Waals surface area contributed by atoms with Gasteiger partial charge in [-0.25, -0.2) is 9.18 Å². The number of rotatable bonds is 6. The van der Waals surface area contributed by atoms with Crippen LogP contribution in [0, 0.1) is 5.82 Å². The molecule has 0 saturated carbocycles. The van der Waals surface area contributed by atoms with Gasteiger partial charge in [0.05, 0.1) is 11.4 Å². The number of carbonyl (C=O) groups is 2. The second-order valence-electron chi connectivity index (χ2n) is 6.40. The average molecular weight is 392 g/mol. The molecule has 148 valence electrons. The SMILES string of the molecule is Nc1cc(F)ccc1NC(=O)c1ccc(CNC(=O)NCc2ccccc2)cc1. The Morgan fingerprint density at radius 2 is 1.45 bits per heavy atom. The molecule has 0 heterocycles. The van der Waals surface area contributed by atoms with E-state index < -0.39 is 5.82 Å². The first-order chi connectivity index (χ1) is 14.0. The van der Waals surface area contributed by atoms with E-state index >= 15 is 0 Å². The molecule has 0 atom stereocenters. The van der Waals surface area contributed by atoms with Crippen LogP contribution >= 0.6 is 0 Å². The van der Waals surface area contributed by atoms with Gasteiger partial charge >= 0.3 is 6.03 Å². The lowest BCUT2D eigenvalue weighted by Crippen LogP contribution is -2.34. The second kappa shape index (κ2) is 9.36. The molecule has 0 aliphatic carbocycles. The van der Waals surface area contributed by atoms with E-state index in [4.69, 9.17) is 5.73 Å². The van der Waals surface area contributed by atoms with Gasteiger partial charge in [-0.1, -0.05) is 42.5 Å². The Morgan fingerprint density at radius 1 is 0.828 bits per heavy atom. The van der Waals surface area contributed by atoms with Crippen LogP contribution in [0.3, 0.4) is 0 Å². The third kappa shape index (κ3) is 5.80. The molecular weight excluding hydrogens is 371 g/mol. The standard InChI is InChI=1S/C22H21FN4O2/c23-18-10-11-20(19(24)12-18)27-21(28)17-8-6-16(7-9-17)14-26-22(29)25-13-15-4-2-1-3-5-15/h1-12H,13-14,24H2,(H,27,28)(H2,25,26,29). The van der Waals surface area contributed by atoms with Crippen molar-refractivity contribution in [2.45, 2.75) is 13.1 Å². The van der Waals surface area contributed by atoms with E-state index in [0.717, 1.165) is 17.2 Å². The average Bonchev–Trinajstić information content (AvgIpc) is 2.74. The van der Waals surface area contributed by atoms with E-state index in [2.05, 4.69) is 16.0 Å². The molecule has 0 aliphatic rings. The summed E-state index contributed by atoms with van der Waals surface area (Å²) < 4.78 is 13.1. The molecule has 0 unspecified atom stereocenters. The second-order valence-corrected chi connectivity index (χ2v) is 6.40. The van der Waals surface area contributed by atoms with Crippen molar-refractivity contribution in [1.82, 2.24) is 10.6 Å². The molecule has 0 saturated heterocycles. The van der Waals surface area contributed by atoms with Gasteiger partial charge in [-0.2, -0.15) is 0 Å². The molecule has 3 aromatic rings. The minimum atomic E-state index is -0.467. The summed E-state index contributed by atoms with van der Waals surface area (Å²) in [5.74, 6) is -0.825. The Balaban J connectivity index is 1.49. The van der Waals surface area contributed by atoms with Gasteiger partial charge in [-0.05, 0) is 41.5 Å². The molecule has 5 N–H and O–H groups in total. The number of nitrogens with one attached hydrogen (secondary N) is 3. The van der Waals surface area contributed by atoms with Crippen LogP contribution in [0.1, 0.15) is 21.5 Å². The van der Waals surface area contributed by atoms with Crippen LogP contribution in [0.4, 0.5) is 20.6 Å². The Hall–Kier alpha value is -3.87. The van der Waals surface area contributed by atoms with Gasteiger partial charge in [-0.15, -0.1) is 0 Å². The van der Waals surface area contributed by atoms with Gasteiger partial charge in [0.1, 0.15) is 5.82 Å². The molecule has 3 amide bonds. The highest BCUT2D eigenvalue weighted by atomic mass is 19.1. The van der Waals surface area contributed by atoms with Crippen LogP contribution in [0.15, 0.2) is 72.8 Å². The lowest BCUT2D eigenvalue weighted by Gasteiger charge is -2.10. The number of nitrogen functional groups attached to an aromatic ring is 1. The fourth-order valence-electron chi connectivity index (χ4n) is 2.64. The highest BCUT2D eigenvalue weighted by molar-refractivity contribution is 6.05. The number of amides is 3. The monoisotopic (exact) mass is 392 g/mol. The zero-order valence-corrected chi connectivity index (χ0v) is 15.6. The van der Waals surface area contributed by atoms with Crippen molar-refractivity contribution in [3.63, 3.8) is 0 Å². The number of carbonyl (C=O) groups excluding carboxylic acids is 2. The van der Waals surface area contributed by atoms with Crippen molar-refractivity contribution in [2.75, 3.05) is 11.1 Å². The highest BCUT2D eigenvalue weighted by Gasteiger charge is 2.09. The molecule has 29 heavy (non-hydrogen) atoms. The number of hydrogen-bond acceptors (Lipinski definition) is 3. The van der Waals surface area contributed by atoms with Crippen LogP contribution < -0.4 is 21.7 Å². The lowest BCUT2D eigenvalue weighted by atomic mass is 10.1. The number of anilines is 2. The largest absolute Gasteiger partial charge is 0.397 e. The van der Waals surface area contributed by atoms with E-state index in [1.54, 1.807) is 24.3 Å². The van der Waals surface area contributed by atoms with Crippen LogP contribution in [-0.2, 0) is 13.1 Å². The number of hydrogen-bond donors (Lipinski definition) is 4. The van der Waals surface area contributed by atoms with E-state index in [1.165, 1.54) is 12.1 Å². The van der Waals surface area contributed by atoms with Gasteiger partial charge in [-0.3, -0.25) is 4.79 Å². The summed E-state index contributed by atoms with van der Waals surface area (Å²) in [7, 11) is 0. The first-order valence-electron chi connectivity index (χ1n) is 9.02. The molecule has 3 rings (SSSR count). The summed E-state index contributed by atoms with van der Waals surface area (Å²) >= 11 is 0. The summed E-state index contributed by atoms with van der Waals surface area (Å²) in [4.78, 5) is 24.2. The molecule has 0 bridgehead atoms. The van der Waals surface area contributed by atoms with Crippen molar-refractivity contribution in [3.8, 4) is 0 Å². The van der Waals surface area contributed by atoms with Gasteiger partial charge < -0.3 is 21.7 Å². The van der Waals surface area contributed by atoms with Crippen molar-refractivity contribution < 1.29 is 14.0 Å². The summed E-state index contributed by atoms with van der Waals surface area (Å²) in [6.45, 7) is 0.770. The third-order valence-electron chi connectivity index (χ3n) is 4.23. The van der Waals surface area contributed by atoms with Crippen LogP contribution in [0.5, 0.6) is 0 Å². The van der Waals surface area contributed by atoms with E-state index in [9.17, 15) is 14.0 Å². The summed E-state index contributed by atoms with van der Waals surface area (Å²) in [5.41, 5.74) is 8.48. The van der Waals surface area contributed by atoms with Crippen molar-refractivity contribution in [1.29, 1.82) is 0 Å². The fourth-order valence-corrected chi connectivity index (χ4v) is 2.64. The molecule has 0 radical (unpaired) electrons. The number of halogens is 1. The first-order valence-corrected chi connectivity index (χ1v) is 9.02. The van der Waals surface area contributed by atoms with Crippen molar-refractivity contribution in [3.05, 3.63) is 95.3 Å². The number of nitrogens with two attached hydrogens (primary N) is 1. The van der Waals surface area contributed by atoms with Crippen LogP contribution in [0.25, 0.3) is 0 Å². The summed E-state index contributed by atoms with van der Waals surface area (Å²) in [6, 6.07) is 19.9. The van der Waals surface area contributed by atoms with E-state index in [-0.39, 0.29) is 17.6 Å². The molecule has 0 aromatic heterocycles. The molecule has 0 aliphatic heterocycles. The number of urea groups is 1. The summed E-state index contributed by atoms with van der Waals surface area (Å²) in [5, 5.41) is 8.20. The third-order valence-corrected chi connectivity index (χ3v) is 4.23. The fraction of sp³-hybridized carbons (Fsp3) is 0.0909. The molecule has 7 heteroatoms. The van der Waals surface area contributed by atoms with Crippen LogP contribution in [-0.4, -0.2) is 11.9 Å². The maximum absolute atomic E-state index is 13.1. The van der Waals surface area contributed by atoms with E-state index in [0.29, 0.717) is 24.3 Å². The summed E-state index contributed by atoms with van der Waals surface area (Å²) in [6.07, 6.45) is 0. The molecule has 0 spiro atoms. The van der Waals surface area contributed by atoms with Crippen LogP contribution in [0.2, 0.25) is 0 Å². The molecule has 0 fully saturated rings. The first kappa shape index (κ1) is 19.9. The maximum Gasteiger partial charge on any atom is 0.315 e. The minimum absolute atomic E-state index is 0.153. The topological polar surface area (TPSA) is 96.2 Å². The maximum atomic E-state index is 13.1. The number of benzene rings is 3. The predicted octanol–water partition coefficient (Wildman–Crippen LogP) is 3.66. The van der Waals surface area contributed by atoms with Gasteiger partial charge in [0.2, 0.25) is 0 Å². The quantitative estimate of drug-likeness (QED) is 0.482. The zero-order chi connectivity index (χ0) is 20.6. The van der Waals surface area contributed by atoms with E-state index in [1.807, 2.05) is 30.3 Å². The zero-order valence-electron chi connectivity index (χ0n) is 15.6. The normalized spacial score (nSPS) is 10.2. The van der Waals surface area contributed by atoms with Crippen molar-refractivity contribution in [2.24, 2.45) is 0 Å². The smallest absolute Gasteiger partial charge is 0.315 e. The molecular formula is C22H21FN4O2.